The molecule has 9 heteroatoms. The smallest absolute Gasteiger partial charge is 0.268 e. The van der Waals surface area contributed by atoms with Crippen LogP contribution >= 0.6 is 7.82 Å². The minimum absolute atomic E-state index is 0.0109. The molecule has 0 saturated carbocycles. The van der Waals surface area contributed by atoms with Crippen LogP contribution in [-0.4, -0.2) is 68.5 Å². The van der Waals surface area contributed by atoms with Gasteiger partial charge < -0.3 is 28.8 Å². The summed E-state index contributed by atoms with van der Waals surface area (Å²) in [7, 11) is 1.23. The van der Waals surface area contributed by atoms with Gasteiger partial charge in [-0.2, -0.15) is 0 Å². The molecule has 3 unspecified atom stereocenters. The third-order valence-corrected chi connectivity index (χ3v) is 11.3. The Morgan fingerprint density at radius 2 is 1.00 bits per heavy atom. The van der Waals surface area contributed by atoms with E-state index in [-0.39, 0.29) is 12.5 Å². The molecule has 0 spiro atoms. The van der Waals surface area contributed by atoms with Gasteiger partial charge in [-0.3, -0.25) is 9.36 Å². The highest BCUT2D eigenvalue weighted by molar-refractivity contribution is 7.45. The molecule has 0 aromatic carbocycles. The molecule has 3 atom stereocenters. The van der Waals surface area contributed by atoms with E-state index in [4.69, 9.17) is 9.05 Å². The first-order valence-corrected chi connectivity index (χ1v) is 25.9. The summed E-state index contributed by atoms with van der Waals surface area (Å²) in [6, 6.07) is -0.905. The quantitative estimate of drug-likeness (QED) is 0.0273. The van der Waals surface area contributed by atoms with Crippen molar-refractivity contribution in [2.75, 3.05) is 40.9 Å². The number of phosphoric ester groups is 1. The molecule has 0 heterocycles. The zero-order valence-electron chi connectivity index (χ0n) is 39.8. The van der Waals surface area contributed by atoms with Crippen molar-refractivity contribution in [3.05, 3.63) is 85.1 Å². The number of carbonyl (C=O) groups is 1. The molecule has 0 rings (SSSR count). The molecular formula is C52H93N2O6P. The summed E-state index contributed by atoms with van der Waals surface area (Å²) in [5.74, 6) is -0.225. The number of likely N-dealkylation sites (N-methyl/N-ethyl adjacent to an activating group) is 1. The minimum Gasteiger partial charge on any atom is -0.756 e. The third-order valence-electron chi connectivity index (χ3n) is 10.4. The number of allylic oxidation sites excluding steroid dienone is 13. The third kappa shape index (κ3) is 45.5. The summed E-state index contributed by atoms with van der Waals surface area (Å²) in [5.41, 5.74) is 0. The van der Waals surface area contributed by atoms with Gasteiger partial charge in [0.05, 0.1) is 39.9 Å². The maximum atomic E-state index is 12.9. The van der Waals surface area contributed by atoms with E-state index in [0.717, 1.165) is 89.9 Å². The van der Waals surface area contributed by atoms with Gasteiger partial charge in [0.25, 0.3) is 7.82 Å². The Kier molecular flexibility index (Phi) is 41.3. The topological polar surface area (TPSA) is 108 Å². The molecule has 0 aromatic rings. The van der Waals surface area contributed by atoms with Gasteiger partial charge in [0.2, 0.25) is 5.91 Å². The second-order valence-electron chi connectivity index (χ2n) is 17.4. The zero-order chi connectivity index (χ0) is 45.0. The Hall–Kier alpha value is -2.32. The Morgan fingerprint density at radius 3 is 1.46 bits per heavy atom. The lowest BCUT2D eigenvalue weighted by molar-refractivity contribution is -0.870. The van der Waals surface area contributed by atoms with Crippen LogP contribution in [0.25, 0.3) is 0 Å². The van der Waals surface area contributed by atoms with Crippen LogP contribution in [0.15, 0.2) is 85.1 Å². The van der Waals surface area contributed by atoms with Crippen molar-refractivity contribution in [3.8, 4) is 0 Å². The molecule has 0 aliphatic heterocycles. The van der Waals surface area contributed by atoms with Crippen molar-refractivity contribution in [2.45, 2.75) is 199 Å². The molecule has 0 fully saturated rings. The number of nitrogens with zero attached hydrogens (tertiary/aromatic N) is 1. The Bertz CT molecular complexity index is 1260. The number of quaternary nitrogens is 1. The molecular weight excluding hydrogens is 780 g/mol. The maximum absolute atomic E-state index is 12.9. The highest BCUT2D eigenvalue weighted by Gasteiger charge is 2.23. The van der Waals surface area contributed by atoms with Crippen LogP contribution in [0.4, 0.5) is 0 Å². The van der Waals surface area contributed by atoms with Crippen LogP contribution < -0.4 is 10.2 Å². The highest BCUT2D eigenvalue weighted by Crippen LogP contribution is 2.38. The van der Waals surface area contributed by atoms with Crippen molar-refractivity contribution in [2.24, 2.45) is 0 Å². The van der Waals surface area contributed by atoms with Gasteiger partial charge in [-0.15, -0.1) is 0 Å². The summed E-state index contributed by atoms with van der Waals surface area (Å²) in [5, 5.41) is 13.8. The first-order chi connectivity index (χ1) is 29.5. The number of hydrogen-bond donors (Lipinski definition) is 2. The number of rotatable bonds is 43. The van der Waals surface area contributed by atoms with E-state index in [1.165, 1.54) is 77.0 Å². The van der Waals surface area contributed by atoms with Crippen molar-refractivity contribution in [3.63, 3.8) is 0 Å². The summed E-state index contributed by atoms with van der Waals surface area (Å²) in [4.78, 5) is 25.4. The van der Waals surface area contributed by atoms with Gasteiger partial charge in [0, 0.05) is 6.42 Å². The van der Waals surface area contributed by atoms with Crippen LogP contribution in [-0.2, 0) is 18.4 Å². The van der Waals surface area contributed by atoms with Crippen LogP contribution in [0.2, 0.25) is 0 Å². The average Bonchev–Trinajstić information content (AvgIpc) is 3.21. The van der Waals surface area contributed by atoms with E-state index < -0.39 is 26.6 Å². The number of hydrogen-bond acceptors (Lipinski definition) is 6. The van der Waals surface area contributed by atoms with E-state index >= 15 is 0 Å². The maximum Gasteiger partial charge on any atom is 0.268 e. The number of phosphoric acid groups is 1. The normalized spacial score (nSPS) is 14.9. The molecule has 1 amide bonds. The van der Waals surface area contributed by atoms with Crippen molar-refractivity contribution in [1.82, 2.24) is 5.32 Å². The first-order valence-electron chi connectivity index (χ1n) is 24.4. The van der Waals surface area contributed by atoms with Crippen LogP contribution in [0.5, 0.6) is 0 Å². The molecule has 61 heavy (non-hydrogen) atoms. The molecule has 8 nitrogen and oxygen atoms in total. The first kappa shape index (κ1) is 58.7. The van der Waals surface area contributed by atoms with Gasteiger partial charge in [-0.25, -0.2) is 0 Å². The fourth-order valence-corrected chi connectivity index (χ4v) is 7.23. The monoisotopic (exact) mass is 873 g/mol. The molecule has 0 aliphatic rings. The van der Waals surface area contributed by atoms with E-state index in [9.17, 15) is 19.4 Å². The average molecular weight is 873 g/mol. The van der Waals surface area contributed by atoms with Crippen LogP contribution in [0, 0.1) is 0 Å². The lowest BCUT2D eigenvalue weighted by Crippen LogP contribution is -2.45. The SMILES string of the molecule is CC/C=C\C/C=C\C/C=C\C/C=C\C/C=C\C/C=C\CCCCCCC(=O)NC(COP(=O)([O-])OCC[N+](C)(C)C)C(O)/C=C/CCCCCCCCCCCCCCCC. The Morgan fingerprint density at radius 1 is 0.590 bits per heavy atom. The van der Waals surface area contributed by atoms with Gasteiger partial charge in [0.15, 0.2) is 0 Å². The predicted octanol–water partition coefficient (Wildman–Crippen LogP) is 13.5. The van der Waals surface area contributed by atoms with E-state index in [2.05, 4.69) is 92.1 Å². The Balaban J connectivity index is 4.43. The molecule has 352 valence electrons. The zero-order valence-corrected chi connectivity index (χ0v) is 40.7. The van der Waals surface area contributed by atoms with E-state index in [0.29, 0.717) is 17.4 Å². The predicted molar refractivity (Wildman–Crippen MR) is 260 cm³/mol. The van der Waals surface area contributed by atoms with Gasteiger partial charge in [0.1, 0.15) is 13.2 Å². The number of nitrogens with one attached hydrogen (secondary N) is 1. The summed E-state index contributed by atoms with van der Waals surface area (Å²) >= 11 is 0. The van der Waals surface area contributed by atoms with Crippen molar-refractivity contribution < 1.29 is 32.9 Å². The fraction of sp³-hybridized carbons (Fsp3) is 0.712. The number of amides is 1. The lowest BCUT2D eigenvalue weighted by Gasteiger charge is -2.29. The second kappa shape index (κ2) is 43.0. The van der Waals surface area contributed by atoms with Crippen molar-refractivity contribution in [1.29, 1.82) is 0 Å². The number of unbranched alkanes of at least 4 members (excludes halogenated alkanes) is 18. The number of carbonyl (C=O) groups excluding carboxylic acids is 1. The fourth-order valence-electron chi connectivity index (χ4n) is 6.51. The van der Waals surface area contributed by atoms with Gasteiger partial charge in [-0.1, -0.05) is 195 Å². The van der Waals surface area contributed by atoms with E-state index in [1.54, 1.807) is 6.08 Å². The molecule has 2 N–H and O–H groups in total. The summed E-state index contributed by atoms with van der Waals surface area (Å²) in [6.45, 7) is 4.50. The van der Waals surface area contributed by atoms with Gasteiger partial charge in [-0.05, 0) is 70.6 Å². The second-order valence-corrected chi connectivity index (χ2v) is 18.8. The highest BCUT2D eigenvalue weighted by atomic mass is 31.2. The molecule has 0 aliphatic carbocycles. The molecule has 0 bridgehead atoms. The molecule has 0 radical (unpaired) electrons. The molecule has 0 aromatic heterocycles. The van der Waals surface area contributed by atoms with Gasteiger partial charge >= 0.3 is 0 Å². The number of aliphatic hydroxyl groups excluding tert-OH is 1. The number of aliphatic hydroxyl groups is 1. The Labute approximate surface area is 376 Å². The minimum atomic E-state index is -4.60. The standard InChI is InChI=1S/C52H93N2O6P/c1-6-8-10-12-14-16-18-20-22-24-25-26-27-28-29-30-32-34-36-38-40-42-44-46-52(56)53-50(49-60-61(57,58)59-48-47-54(3,4)5)51(55)45-43-41-39-37-35-33-31-23-21-19-17-15-13-11-9-7-2/h8,10,14,16,20,22,25-26,28-29,32,34,43,45,50-51,55H,6-7,9,11-13,15,17-19,21,23-24,27,30-31,33,35-42,44,46-49H2,1-5H3,(H-,53,56,57,58)/b10-8-,16-14-,22-20-,26-25-,29-28-,34-32-,45-43+. The van der Waals surface area contributed by atoms with Crippen LogP contribution in [0.3, 0.4) is 0 Å². The molecule has 0 saturated heterocycles. The van der Waals surface area contributed by atoms with Crippen molar-refractivity contribution >= 4 is 13.7 Å². The summed E-state index contributed by atoms with van der Waals surface area (Å²) in [6.07, 6.45) is 59.1. The summed E-state index contributed by atoms with van der Waals surface area (Å²) < 4.78 is 23.2. The largest absolute Gasteiger partial charge is 0.756 e. The lowest BCUT2D eigenvalue weighted by atomic mass is 10.0. The van der Waals surface area contributed by atoms with E-state index in [1.807, 2.05) is 27.2 Å². The van der Waals surface area contributed by atoms with Crippen LogP contribution in [0.1, 0.15) is 187 Å².